The zero-order valence-electron chi connectivity index (χ0n) is 16.2. The van der Waals surface area contributed by atoms with Gasteiger partial charge in [0.15, 0.2) is 0 Å². The van der Waals surface area contributed by atoms with Gasteiger partial charge in [-0.3, -0.25) is 0 Å². The number of hydrogen-bond donors (Lipinski definition) is 1. The molecule has 1 N–H and O–H groups in total. The maximum absolute atomic E-state index is 12.6. The summed E-state index contributed by atoms with van der Waals surface area (Å²) in [7, 11) is -2.00. The lowest BCUT2D eigenvalue weighted by Crippen LogP contribution is -2.51. The number of nitrogens with one attached hydrogen (secondary N) is 1. The lowest BCUT2D eigenvalue weighted by Gasteiger charge is -2.34. The topological polar surface area (TPSA) is 90.0 Å². The number of hydrogen-bond acceptors (Lipinski definition) is 6. The summed E-state index contributed by atoms with van der Waals surface area (Å²) in [5, 5.41) is 0. The molecule has 1 aliphatic rings. The van der Waals surface area contributed by atoms with Crippen LogP contribution >= 0.6 is 0 Å². The first-order valence-electron chi connectivity index (χ1n) is 9.03. The first-order valence-corrected chi connectivity index (χ1v) is 10.5. The van der Waals surface area contributed by atoms with Gasteiger partial charge in [-0.15, -0.1) is 0 Å². The van der Waals surface area contributed by atoms with Gasteiger partial charge in [-0.1, -0.05) is 0 Å². The quantitative estimate of drug-likeness (QED) is 0.758. The van der Waals surface area contributed by atoms with Crippen molar-refractivity contribution in [3.63, 3.8) is 0 Å². The van der Waals surface area contributed by atoms with Gasteiger partial charge in [0.25, 0.3) is 10.2 Å². The Morgan fingerprint density at radius 2 is 1.79 bits per heavy atom. The van der Waals surface area contributed by atoms with E-state index in [1.165, 1.54) is 4.31 Å². The van der Waals surface area contributed by atoms with Crippen LogP contribution in [0.25, 0.3) is 0 Å². The van der Waals surface area contributed by atoms with Crippen molar-refractivity contribution in [2.24, 2.45) is 0 Å². The predicted molar refractivity (Wildman–Crippen MR) is 105 cm³/mol. The Balaban J connectivity index is 1.62. The van der Waals surface area contributed by atoms with Gasteiger partial charge in [-0.05, 0) is 49.7 Å². The summed E-state index contributed by atoms with van der Waals surface area (Å²) >= 11 is 0. The summed E-state index contributed by atoms with van der Waals surface area (Å²) < 4.78 is 45.7. The third kappa shape index (κ3) is 5.41. The average Bonchev–Trinajstić information content (AvgIpc) is 2.67. The molecular weight excluding hydrogens is 382 g/mol. The summed E-state index contributed by atoms with van der Waals surface area (Å²) in [6.07, 6.45) is 1.32. The molecule has 1 aromatic carbocycles. The molecule has 1 aliphatic heterocycles. The van der Waals surface area contributed by atoms with Crippen molar-refractivity contribution in [1.29, 1.82) is 0 Å². The molecule has 0 radical (unpaired) electrons. The SMILES string of the molecule is COc1ccc(Oc2cc(CNS(=O)(=O)N3C[C@H](C)O[C@@H](C)C3)ccn2)cc1. The van der Waals surface area contributed by atoms with Crippen LogP contribution in [-0.2, 0) is 21.5 Å². The second kappa shape index (κ2) is 8.87. The van der Waals surface area contributed by atoms with E-state index in [9.17, 15) is 8.42 Å². The van der Waals surface area contributed by atoms with E-state index in [4.69, 9.17) is 14.2 Å². The Labute approximate surface area is 165 Å². The van der Waals surface area contributed by atoms with Gasteiger partial charge in [0.1, 0.15) is 11.5 Å². The van der Waals surface area contributed by atoms with Crippen molar-refractivity contribution < 1.29 is 22.6 Å². The Bertz CT molecular complexity index is 879. The van der Waals surface area contributed by atoms with Gasteiger partial charge in [0.05, 0.1) is 19.3 Å². The van der Waals surface area contributed by atoms with Crippen molar-refractivity contribution >= 4 is 10.2 Å². The Morgan fingerprint density at radius 1 is 1.14 bits per heavy atom. The highest BCUT2D eigenvalue weighted by Crippen LogP contribution is 2.23. The third-order valence-corrected chi connectivity index (χ3v) is 5.75. The predicted octanol–water partition coefficient (Wildman–Crippen LogP) is 2.33. The fourth-order valence-electron chi connectivity index (χ4n) is 2.97. The second-order valence-electron chi connectivity index (χ2n) is 6.68. The molecular formula is C19H25N3O5S. The molecule has 1 saturated heterocycles. The molecule has 2 atom stereocenters. The minimum absolute atomic E-state index is 0.134. The van der Waals surface area contributed by atoms with Gasteiger partial charge in [-0.2, -0.15) is 17.4 Å². The van der Waals surface area contributed by atoms with E-state index in [1.54, 1.807) is 49.7 Å². The number of pyridine rings is 1. The molecule has 152 valence electrons. The van der Waals surface area contributed by atoms with Crippen LogP contribution in [0.5, 0.6) is 17.4 Å². The number of methoxy groups -OCH3 is 1. The van der Waals surface area contributed by atoms with E-state index in [-0.39, 0.29) is 18.8 Å². The van der Waals surface area contributed by atoms with Crippen LogP contribution in [0.1, 0.15) is 19.4 Å². The van der Waals surface area contributed by atoms with Crippen molar-refractivity contribution in [1.82, 2.24) is 14.0 Å². The fraction of sp³-hybridized carbons (Fsp3) is 0.421. The summed E-state index contributed by atoms with van der Waals surface area (Å²) in [5.74, 6) is 1.73. The van der Waals surface area contributed by atoms with Gasteiger partial charge in [0, 0.05) is 31.9 Å². The number of ether oxygens (including phenoxy) is 3. The minimum Gasteiger partial charge on any atom is -0.497 e. The molecule has 9 heteroatoms. The zero-order chi connectivity index (χ0) is 20.1. The van der Waals surface area contributed by atoms with E-state index in [1.807, 2.05) is 13.8 Å². The van der Waals surface area contributed by atoms with Gasteiger partial charge in [-0.25, -0.2) is 4.98 Å². The molecule has 2 aromatic rings. The standard InChI is InChI=1S/C19H25N3O5S/c1-14-12-22(13-15(2)26-14)28(23,24)21-11-16-8-9-20-19(10-16)27-18-6-4-17(25-3)5-7-18/h4-10,14-15,21H,11-13H2,1-3H3/t14-,15-/m0/s1. The lowest BCUT2D eigenvalue weighted by atomic mass is 10.3. The molecule has 28 heavy (non-hydrogen) atoms. The third-order valence-electron chi connectivity index (χ3n) is 4.27. The van der Waals surface area contributed by atoms with Crippen molar-refractivity contribution in [3.8, 4) is 17.4 Å². The Hall–Kier alpha value is -2.20. The van der Waals surface area contributed by atoms with E-state index in [0.29, 0.717) is 24.7 Å². The zero-order valence-corrected chi connectivity index (χ0v) is 17.0. The molecule has 0 spiro atoms. The molecule has 0 bridgehead atoms. The summed E-state index contributed by atoms with van der Waals surface area (Å²) in [4.78, 5) is 4.17. The average molecular weight is 407 g/mol. The molecule has 0 amide bonds. The monoisotopic (exact) mass is 407 g/mol. The molecule has 0 aliphatic carbocycles. The van der Waals surface area contributed by atoms with Crippen LogP contribution in [0, 0.1) is 0 Å². The van der Waals surface area contributed by atoms with Crippen LogP contribution in [0.2, 0.25) is 0 Å². The van der Waals surface area contributed by atoms with E-state index < -0.39 is 10.2 Å². The van der Waals surface area contributed by atoms with Crippen LogP contribution in [0.4, 0.5) is 0 Å². The summed E-state index contributed by atoms with van der Waals surface area (Å²) in [6, 6.07) is 10.6. The molecule has 2 heterocycles. The summed E-state index contributed by atoms with van der Waals surface area (Å²) in [6.45, 7) is 4.54. The van der Waals surface area contributed by atoms with Crippen LogP contribution in [0.15, 0.2) is 42.6 Å². The summed E-state index contributed by atoms with van der Waals surface area (Å²) in [5.41, 5.74) is 0.747. The number of morpholine rings is 1. The second-order valence-corrected chi connectivity index (χ2v) is 8.44. The molecule has 1 fully saturated rings. The molecule has 1 aromatic heterocycles. The van der Waals surface area contributed by atoms with Crippen LogP contribution < -0.4 is 14.2 Å². The van der Waals surface area contributed by atoms with E-state index >= 15 is 0 Å². The van der Waals surface area contributed by atoms with Gasteiger partial charge in [0.2, 0.25) is 5.88 Å². The Kier molecular flexibility index (Phi) is 6.50. The van der Waals surface area contributed by atoms with E-state index in [2.05, 4.69) is 9.71 Å². The smallest absolute Gasteiger partial charge is 0.279 e. The highest BCUT2D eigenvalue weighted by atomic mass is 32.2. The van der Waals surface area contributed by atoms with Crippen molar-refractivity contribution in [2.75, 3.05) is 20.2 Å². The minimum atomic E-state index is -3.60. The number of aromatic nitrogens is 1. The van der Waals surface area contributed by atoms with Crippen LogP contribution in [-0.4, -0.2) is 50.1 Å². The molecule has 8 nitrogen and oxygen atoms in total. The normalized spacial score (nSPS) is 20.7. The highest BCUT2D eigenvalue weighted by Gasteiger charge is 2.30. The van der Waals surface area contributed by atoms with Crippen molar-refractivity contribution in [3.05, 3.63) is 48.2 Å². The Morgan fingerprint density at radius 3 is 2.43 bits per heavy atom. The number of rotatable bonds is 7. The molecule has 0 saturated carbocycles. The highest BCUT2D eigenvalue weighted by molar-refractivity contribution is 7.87. The first-order chi connectivity index (χ1) is 13.4. The largest absolute Gasteiger partial charge is 0.497 e. The number of benzene rings is 1. The maximum atomic E-state index is 12.6. The van der Waals surface area contributed by atoms with Gasteiger partial charge < -0.3 is 14.2 Å². The lowest BCUT2D eigenvalue weighted by molar-refractivity contribution is -0.0444. The van der Waals surface area contributed by atoms with E-state index in [0.717, 1.165) is 11.3 Å². The number of nitrogens with zero attached hydrogens (tertiary/aromatic N) is 2. The molecule has 3 rings (SSSR count). The first kappa shape index (κ1) is 20.5. The van der Waals surface area contributed by atoms with Gasteiger partial charge >= 0.3 is 0 Å². The van der Waals surface area contributed by atoms with Crippen LogP contribution in [0.3, 0.4) is 0 Å². The fourth-order valence-corrected chi connectivity index (χ4v) is 4.32. The maximum Gasteiger partial charge on any atom is 0.279 e. The van der Waals surface area contributed by atoms with Crippen molar-refractivity contribution in [2.45, 2.75) is 32.6 Å². The molecule has 0 unspecified atom stereocenters.